The van der Waals surface area contributed by atoms with Crippen LogP contribution in [0.4, 0.5) is 0 Å². The SMILES string of the molecule is CC[C@H](C)[C@@H]([C@@H](CC(=O)N1CCC[C@H]1[C@H](OC)[C@@H](C)C(=S)N[C@@H](Cc1ccccc1)c1nccs1)OC)N(C)C(=O)CC(C)C. The fourth-order valence-corrected chi connectivity index (χ4v) is 7.54. The van der Waals surface area contributed by atoms with Crippen molar-refractivity contribution in [1.29, 1.82) is 0 Å². The van der Waals surface area contributed by atoms with E-state index in [-0.39, 0.29) is 60.2 Å². The lowest BCUT2D eigenvalue weighted by Crippen LogP contribution is -2.53. The van der Waals surface area contributed by atoms with Crippen LogP contribution < -0.4 is 5.32 Å². The number of hydrogen-bond acceptors (Lipinski definition) is 7. The Kier molecular flexibility index (Phi) is 14.9. The van der Waals surface area contributed by atoms with Crippen LogP contribution in [-0.2, 0) is 25.5 Å². The van der Waals surface area contributed by atoms with Crippen molar-refractivity contribution in [3.05, 3.63) is 52.5 Å². The van der Waals surface area contributed by atoms with Gasteiger partial charge >= 0.3 is 0 Å². The molecule has 0 aliphatic carbocycles. The molecule has 10 heteroatoms. The fourth-order valence-electron chi connectivity index (χ4n) is 6.58. The topological polar surface area (TPSA) is 84.0 Å². The maximum atomic E-state index is 14.0. The van der Waals surface area contributed by atoms with E-state index in [1.807, 2.05) is 60.5 Å². The third-order valence-corrected chi connectivity index (χ3v) is 10.6. The first kappa shape index (κ1) is 37.1. The van der Waals surface area contributed by atoms with Crippen LogP contribution in [0.1, 0.15) is 83.3 Å². The summed E-state index contributed by atoms with van der Waals surface area (Å²) in [5.41, 5.74) is 1.21. The number of benzene rings is 1. The van der Waals surface area contributed by atoms with Crippen molar-refractivity contribution in [3.8, 4) is 0 Å². The largest absolute Gasteiger partial charge is 0.379 e. The Morgan fingerprint density at radius 2 is 1.84 bits per heavy atom. The zero-order valence-corrected chi connectivity index (χ0v) is 30.0. The molecule has 2 heterocycles. The van der Waals surface area contributed by atoms with Crippen LogP contribution >= 0.6 is 23.6 Å². The van der Waals surface area contributed by atoms with Gasteiger partial charge in [0.05, 0.1) is 41.7 Å². The number of rotatable bonds is 17. The number of likely N-dealkylation sites (tertiary alicyclic amines) is 1. The number of aromatic nitrogens is 1. The molecule has 0 radical (unpaired) electrons. The lowest BCUT2D eigenvalue weighted by atomic mass is 9.90. The Bertz CT molecular complexity index is 1200. The van der Waals surface area contributed by atoms with E-state index < -0.39 is 6.10 Å². The van der Waals surface area contributed by atoms with Crippen LogP contribution in [0.3, 0.4) is 0 Å². The first-order valence-electron chi connectivity index (χ1n) is 16.4. The van der Waals surface area contributed by atoms with Crippen LogP contribution in [0.25, 0.3) is 0 Å². The summed E-state index contributed by atoms with van der Waals surface area (Å²) in [7, 11) is 5.21. The van der Waals surface area contributed by atoms with E-state index in [1.165, 1.54) is 5.56 Å². The molecule has 1 N–H and O–H groups in total. The second kappa shape index (κ2) is 18.1. The summed E-state index contributed by atoms with van der Waals surface area (Å²) in [6, 6.07) is 9.98. The van der Waals surface area contributed by atoms with E-state index in [1.54, 1.807) is 25.6 Å². The van der Waals surface area contributed by atoms with Crippen LogP contribution in [0.2, 0.25) is 0 Å². The van der Waals surface area contributed by atoms with Gasteiger partial charge in [0, 0.05) is 51.7 Å². The Balaban J connectivity index is 1.74. The number of carbonyl (C=O) groups excluding carboxylic acids is 2. The van der Waals surface area contributed by atoms with Gasteiger partial charge in [-0.15, -0.1) is 11.3 Å². The van der Waals surface area contributed by atoms with E-state index in [9.17, 15) is 9.59 Å². The van der Waals surface area contributed by atoms with Gasteiger partial charge in [0.2, 0.25) is 11.8 Å². The van der Waals surface area contributed by atoms with Gasteiger partial charge in [-0.1, -0.05) is 83.6 Å². The summed E-state index contributed by atoms with van der Waals surface area (Å²) < 4.78 is 12.1. The van der Waals surface area contributed by atoms with Crippen molar-refractivity contribution in [2.24, 2.45) is 17.8 Å². The van der Waals surface area contributed by atoms with Gasteiger partial charge in [-0.25, -0.2) is 4.98 Å². The molecule has 2 amide bonds. The van der Waals surface area contributed by atoms with Crippen LogP contribution in [-0.4, -0.2) is 83.7 Å². The predicted octanol–water partition coefficient (Wildman–Crippen LogP) is 6.31. The number of amides is 2. The van der Waals surface area contributed by atoms with Gasteiger partial charge in [-0.2, -0.15) is 0 Å². The summed E-state index contributed by atoms with van der Waals surface area (Å²) in [4.78, 5) is 36.1. The number of thiazole rings is 1. The average molecular weight is 659 g/mol. The fraction of sp³-hybridized carbons (Fsp3) is 0.657. The van der Waals surface area contributed by atoms with Crippen molar-refractivity contribution in [1.82, 2.24) is 20.1 Å². The highest BCUT2D eigenvalue weighted by atomic mass is 32.1. The summed E-state index contributed by atoms with van der Waals surface area (Å²) in [6.45, 7) is 11.1. The molecule has 250 valence electrons. The molecule has 0 unspecified atom stereocenters. The summed E-state index contributed by atoms with van der Waals surface area (Å²) in [5, 5.41) is 6.57. The maximum absolute atomic E-state index is 14.0. The van der Waals surface area contributed by atoms with Crippen LogP contribution in [0.15, 0.2) is 41.9 Å². The lowest BCUT2D eigenvalue weighted by molar-refractivity contribution is -0.144. The molecular weight excluding hydrogens is 605 g/mol. The third kappa shape index (κ3) is 10.0. The second-order valence-corrected chi connectivity index (χ2v) is 14.2. The van der Waals surface area contributed by atoms with Crippen LogP contribution in [0.5, 0.6) is 0 Å². The highest BCUT2D eigenvalue weighted by Crippen LogP contribution is 2.30. The summed E-state index contributed by atoms with van der Waals surface area (Å²) >= 11 is 7.61. The Labute approximate surface area is 280 Å². The van der Waals surface area contributed by atoms with E-state index in [0.717, 1.165) is 30.7 Å². The van der Waals surface area contributed by atoms with Crippen molar-refractivity contribution >= 4 is 40.4 Å². The normalized spacial score (nSPS) is 19.0. The molecule has 0 bridgehead atoms. The maximum Gasteiger partial charge on any atom is 0.225 e. The summed E-state index contributed by atoms with van der Waals surface area (Å²) in [6.07, 6.45) is 5.20. The third-order valence-electron chi connectivity index (χ3n) is 9.24. The van der Waals surface area contributed by atoms with Gasteiger partial charge in [-0.3, -0.25) is 9.59 Å². The minimum Gasteiger partial charge on any atom is -0.379 e. The lowest BCUT2D eigenvalue weighted by Gasteiger charge is -2.39. The molecule has 7 atom stereocenters. The zero-order chi connectivity index (χ0) is 33.1. The minimum absolute atomic E-state index is 0.0280. The molecule has 1 aromatic heterocycles. The molecule has 0 saturated carbocycles. The van der Waals surface area contributed by atoms with E-state index in [0.29, 0.717) is 18.0 Å². The van der Waals surface area contributed by atoms with Gasteiger partial charge in [0.25, 0.3) is 0 Å². The molecule has 1 aliphatic heterocycles. The first-order chi connectivity index (χ1) is 21.5. The first-order valence-corrected chi connectivity index (χ1v) is 17.6. The highest BCUT2D eigenvalue weighted by Gasteiger charge is 2.41. The molecule has 0 spiro atoms. The number of hydrogen-bond donors (Lipinski definition) is 1. The molecule has 45 heavy (non-hydrogen) atoms. The average Bonchev–Trinajstić information content (AvgIpc) is 3.74. The number of thiocarbonyl (C=S) groups is 1. The Morgan fingerprint density at radius 1 is 1.13 bits per heavy atom. The summed E-state index contributed by atoms with van der Waals surface area (Å²) in [5.74, 6) is 0.415. The van der Waals surface area contributed by atoms with Crippen LogP contribution in [0, 0.1) is 17.8 Å². The molecule has 3 rings (SSSR count). The zero-order valence-electron chi connectivity index (χ0n) is 28.4. The van der Waals surface area contributed by atoms with Gasteiger partial charge < -0.3 is 24.6 Å². The molecule has 1 aliphatic rings. The monoisotopic (exact) mass is 658 g/mol. The molecule has 1 saturated heterocycles. The smallest absolute Gasteiger partial charge is 0.225 e. The molecule has 1 fully saturated rings. The molecular formula is C35H54N4O4S2. The quantitative estimate of drug-likeness (QED) is 0.200. The Morgan fingerprint density at radius 3 is 2.42 bits per heavy atom. The number of carbonyl (C=O) groups is 2. The van der Waals surface area contributed by atoms with Gasteiger partial charge in [-0.05, 0) is 36.7 Å². The number of nitrogens with one attached hydrogen (secondary N) is 1. The number of methoxy groups -OCH3 is 2. The number of nitrogens with zero attached hydrogens (tertiary/aromatic N) is 3. The van der Waals surface area contributed by atoms with E-state index >= 15 is 0 Å². The predicted molar refractivity (Wildman–Crippen MR) is 186 cm³/mol. The second-order valence-electron chi connectivity index (χ2n) is 12.9. The standard InChI is InChI=1S/C35H54N4O4S2/c1-9-24(4)32(38(6)30(40)20-23(2)3)29(42-7)22-31(41)39-18-13-16-28(39)33(43-8)25(5)34(44)37-27(35-36-17-19-45-35)21-26-14-11-10-12-15-26/h10-12,14-15,17,19,23-25,27-29,32-33H,9,13,16,18,20-22H2,1-8H3,(H,37,44)/t24-,25+,27-,28-,29+,32-,33+/m0/s1. The van der Waals surface area contributed by atoms with Gasteiger partial charge in [0.1, 0.15) is 5.01 Å². The molecule has 2 aromatic rings. The molecule has 8 nitrogen and oxygen atoms in total. The van der Waals surface area contributed by atoms with E-state index in [2.05, 4.69) is 43.2 Å². The van der Waals surface area contributed by atoms with Crippen molar-refractivity contribution in [3.63, 3.8) is 0 Å². The molecule has 1 aromatic carbocycles. The van der Waals surface area contributed by atoms with Crippen molar-refractivity contribution in [2.75, 3.05) is 27.8 Å². The highest BCUT2D eigenvalue weighted by molar-refractivity contribution is 7.80. The number of likely N-dealkylation sites (N-methyl/N-ethyl adjacent to an activating group) is 1. The van der Waals surface area contributed by atoms with Crippen molar-refractivity contribution in [2.45, 2.75) is 103 Å². The Hall–Kier alpha value is -2.40. The number of ether oxygens (including phenoxy) is 2. The van der Waals surface area contributed by atoms with Gasteiger partial charge in [0.15, 0.2) is 0 Å². The van der Waals surface area contributed by atoms with Crippen molar-refractivity contribution < 1.29 is 19.1 Å². The minimum atomic E-state index is -0.409. The van der Waals surface area contributed by atoms with E-state index in [4.69, 9.17) is 21.7 Å².